The summed E-state index contributed by atoms with van der Waals surface area (Å²) in [6.45, 7) is 0.276. The zero-order valence-corrected chi connectivity index (χ0v) is 9.35. The van der Waals surface area contributed by atoms with Crippen LogP contribution < -0.4 is 10.1 Å². The highest BCUT2D eigenvalue weighted by molar-refractivity contribution is 5.27. The summed E-state index contributed by atoms with van der Waals surface area (Å²) in [4.78, 5) is 7.62. The Balaban J connectivity index is 2.08. The Morgan fingerprint density at radius 1 is 1.29 bits per heavy atom. The van der Waals surface area contributed by atoms with Crippen LogP contribution in [0.3, 0.4) is 0 Å². The van der Waals surface area contributed by atoms with Gasteiger partial charge < -0.3 is 10.1 Å². The summed E-state index contributed by atoms with van der Waals surface area (Å²) in [5, 5.41) is 2.72. The maximum Gasteiger partial charge on any atom is 0.255 e. The van der Waals surface area contributed by atoms with Crippen LogP contribution in [0.5, 0.6) is 5.88 Å². The van der Waals surface area contributed by atoms with E-state index in [1.165, 1.54) is 0 Å². The van der Waals surface area contributed by atoms with Crippen molar-refractivity contribution >= 4 is 5.95 Å². The Hall–Kier alpha value is -2.17. The number of halogens is 1. The van der Waals surface area contributed by atoms with Gasteiger partial charge in [0.25, 0.3) is 5.88 Å². The van der Waals surface area contributed by atoms with Gasteiger partial charge in [-0.1, -0.05) is 30.3 Å². The quantitative estimate of drug-likeness (QED) is 0.879. The standard InChI is InChI=1S/C12H12FN3O/c1-14-12-15-7-10(13)11(16-12)17-8-9-5-3-2-4-6-9/h2-7H,8H2,1H3,(H,14,15,16). The number of hydrogen-bond donors (Lipinski definition) is 1. The maximum atomic E-state index is 13.3. The zero-order chi connectivity index (χ0) is 12.1. The van der Waals surface area contributed by atoms with Crippen LogP contribution in [0.25, 0.3) is 0 Å². The number of ether oxygens (including phenoxy) is 1. The lowest BCUT2D eigenvalue weighted by Crippen LogP contribution is -2.03. The lowest BCUT2D eigenvalue weighted by molar-refractivity contribution is 0.276. The van der Waals surface area contributed by atoms with Gasteiger partial charge in [-0.2, -0.15) is 9.37 Å². The molecule has 0 aliphatic carbocycles. The molecule has 0 fully saturated rings. The molecule has 17 heavy (non-hydrogen) atoms. The number of hydrogen-bond acceptors (Lipinski definition) is 4. The lowest BCUT2D eigenvalue weighted by Gasteiger charge is -2.07. The minimum atomic E-state index is -0.570. The Labute approximate surface area is 98.5 Å². The molecule has 0 aliphatic rings. The Morgan fingerprint density at radius 2 is 2.06 bits per heavy atom. The number of nitrogens with zero attached hydrogens (tertiary/aromatic N) is 2. The summed E-state index contributed by atoms with van der Waals surface area (Å²) < 4.78 is 18.6. The molecule has 0 spiro atoms. The van der Waals surface area contributed by atoms with Crippen LogP contribution in [0.4, 0.5) is 10.3 Å². The Kier molecular flexibility index (Phi) is 3.49. The SMILES string of the molecule is CNc1ncc(F)c(OCc2ccccc2)n1. The van der Waals surface area contributed by atoms with Gasteiger partial charge in [0.15, 0.2) is 0 Å². The normalized spacial score (nSPS) is 10.0. The van der Waals surface area contributed by atoms with Crippen molar-refractivity contribution in [1.82, 2.24) is 9.97 Å². The Morgan fingerprint density at radius 3 is 2.76 bits per heavy atom. The third-order valence-electron chi connectivity index (χ3n) is 2.15. The molecule has 1 heterocycles. The third kappa shape index (κ3) is 2.90. The third-order valence-corrected chi connectivity index (χ3v) is 2.15. The second kappa shape index (κ2) is 5.25. The summed E-state index contributed by atoms with van der Waals surface area (Å²) in [7, 11) is 1.66. The van der Waals surface area contributed by atoms with E-state index in [0.717, 1.165) is 11.8 Å². The fourth-order valence-corrected chi connectivity index (χ4v) is 1.30. The minimum Gasteiger partial charge on any atom is -0.471 e. The van der Waals surface area contributed by atoms with E-state index in [4.69, 9.17) is 4.74 Å². The maximum absolute atomic E-state index is 13.3. The summed E-state index contributed by atoms with van der Waals surface area (Å²) in [6, 6.07) is 9.51. The fraction of sp³-hybridized carbons (Fsp3) is 0.167. The van der Waals surface area contributed by atoms with Gasteiger partial charge in [-0.15, -0.1) is 0 Å². The van der Waals surface area contributed by atoms with Crippen molar-refractivity contribution in [2.24, 2.45) is 0 Å². The second-order valence-electron chi connectivity index (χ2n) is 3.37. The first kappa shape index (κ1) is 11.3. The molecule has 1 aromatic heterocycles. The van der Waals surface area contributed by atoms with E-state index >= 15 is 0 Å². The number of anilines is 1. The van der Waals surface area contributed by atoms with Crippen molar-refractivity contribution < 1.29 is 9.13 Å². The number of rotatable bonds is 4. The molecular formula is C12H12FN3O. The van der Waals surface area contributed by atoms with E-state index in [1.54, 1.807) is 7.05 Å². The second-order valence-corrected chi connectivity index (χ2v) is 3.37. The van der Waals surface area contributed by atoms with Crippen LogP contribution in [-0.2, 0) is 6.61 Å². The molecule has 1 N–H and O–H groups in total. The monoisotopic (exact) mass is 233 g/mol. The van der Waals surface area contributed by atoms with Gasteiger partial charge in [0.1, 0.15) is 6.61 Å². The first-order valence-electron chi connectivity index (χ1n) is 5.16. The molecule has 0 saturated heterocycles. The number of nitrogens with one attached hydrogen (secondary N) is 1. The summed E-state index contributed by atoms with van der Waals surface area (Å²) in [5.74, 6) is -0.289. The molecule has 88 valence electrons. The van der Waals surface area contributed by atoms with E-state index in [0.29, 0.717) is 5.95 Å². The van der Waals surface area contributed by atoms with Gasteiger partial charge >= 0.3 is 0 Å². The minimum absolute atomic E-state index is 0.0480. The van der Waals surface area contributed by atoms with Crippen molar-refractivity contribution in [3.05, 3.63) is 47.9 Å². The van der Waals surface area contributed by atoms with E-state index in [2.05, 4.69) is 15.3 Å². The number of benzene rings is 1. The predicted molar refractivity (Wildman–Crippen MR) is 62.3 cm³/mol. The molecule has 2 aromatic rings. The van der Waals surface area contributed by atoms with Crippen molar-refractivity contribution in [2.45, 2.75) is 6.61 Å². The highest BCUT2D eigenvalue weighted by Crippen LogP contribution is 2.15. The summed E-state index contributed by atoms with van der Waals surface area (Å²) in [5.41, 5.74) is 0.955. The molecule has 0 aliphatic heterocycles. The topological polar surface area (TPSA) is 47.0 Å². The molecule has 0 radical (unpaired) electrons. The van der Waals surface area contributed by atoms with Crippen LogP contribution >= 0.6 is 0 Å². The average Bonchev–Trinajstić information content (AvgIpc) is 2.39. The highest BCUT2D eigenvalue weighted by Gasteiger charge is 2.07. The molecule has 5 heteroatoms. The molecule has 0 amide bonds. The van der Waals surface area contributed by atoms with Crippen LogP contribution in [-0.4, -0.2) is 17.0 Å². The highest BCUT2D eigenvalue weighted by atomic mass is 19.1. The van der Waals surface area contributed by atoms with E-state index in [9.17, 15) is 4.39 Å². The van der Waals surface area contributed by atoms with Crippen molar-refractivity contribution in [3.63, 3.8) is 0 Å². The lowest BCUT2D eigenvalue weighted by atomic mass is 10.2. The summed E-state index contributed by atoms with van der Waals surface area (Å²) >= 11 is 0. The number of aromatic nitrogens is 2. The van der Waals surface area contributed by atoms with Gasteiger partial charge in [-0.3, -0.25) is 0 Å². The molecule has 0 unspecified atom stereocenters. The fourth-order valence-electron chi connectivity index (χ4n) is 1.30. The largest absolute Gasteiger partial charge is 0.471 e. The van der Waals surface area contributed by atoms with Gasteiger partial charge in [0, 0.05) is 7.05 Å². The molecular weight excluding hydrogens is 221 g/mol. The Bertz CT molecular complexity index is 490. The summed E-state index contributed by atoms with van der Waals surface area (Å²) in [6.07, 6.45) is 1.08. The molecule has 1 aromatic carbocycles. The molecule has 2 rings (SSSR count). The van der Waals surface area contributed by atoms with Gasteiger partial charge in [0.05, 0.1) is 6.20 Å². The van der Waals surface area contributed by atoms with Crippen molar-refractivity contribution in [3.8, 4) is 5.88 Å². The van der Waals surface area contributed by atoms with Crippen molar-refractivity contribution in [1.29, 1.82) is 0 Å². The van der Waals surface area contributed by atoms with Crippen LogP contribution in [0, 0.1) is 5.82 Å². The van der Waals surface area contributed by atoms with E-state index in [-0.39, 0.29) is 12.5 Å². The van der Waals surface area contributed by atoms with Crippen LogP contribution in [0.1, 0.15) is 5.56 Å². The molecule has 4 nitrogen and oxygen atoms in total. The van der Waals surface area contributed by atoms with Gasteiger partial charge in [0.2, 0.25) is 11.8 Å². The first-order valence-corrected chi connectivity index (χ1v) is 5.16. The van der Waals surface area contributed by atoms with E-state index < -0.39 is 5.82 Å². The van der Waals surface area contributed by atoms with Gasteiger partial charge in [-0.25, -0.2) is 4.98 Å². The molecule has 0 saturated carbocycles. The zero-order valence-electron chi connectivity index (χ0n) is 9.35. The van der Waals surface area contributed by atoms with E-state index in [1.807, 2.05) is 30.3 Å². The predicted octanol–water partition coefficient (Wildman–Crippen LogP) is 2.24. The van der Waals surface area contributed by atoms with Crippen molar-refractivity contribution in [2.75, 3.05) is 12.4 Å². The smallest absolute Gasteiger partial charge is 0.255 e. The van der Waals surface area contributed by atoms with Gasteiger partial charge in [-0.05, 0) is 5.56 Å². The molecule has 0 atom stereocenters. The average molecular weight is 233 g/mol. The van der Waals surface area contributed by atoms with Crippen LogP contribution in [0.2, 0.25) is 0 Å². The molecule has 0 bridgehead atoms. The first-order chi connectivity index (χ1) is 8.29. The van der Waals surface area contributed by atoms with Crippen LogP contribution in [0.15, 0.2) is 36.5 Å².